The van der Waals surface area contributed by atoms with Gasteiger partial charge in [0, 0.05) is 60.6 Å². The number of amides is 5. The number of aromatic hydroxyl groups is 1. The lowest BCUT2D eigenvalue weighted by Crippen LogP contribution is -2.54. The minimum atomic E-state index is -3.36. The predicted octanol–water partition coefficient (Wildman–Crippen LogP) is 8.66. The van der Waals surface area contributed by atoms with Crippen molar-refractivity contribution >= 4 is 55.8 Å². The molecule has 3 fully saturated rings. The van der Waals surface area contributed by atoms with Crippen molar-refractivity contribution in [3.63, 3.8) is 0 Å². The van der Waals surface area contributed by atoms with E-state index in [9.17, 15) is 37.5 Å². The molecular formula is C59H61N5O10S. The third kappa shape index (κ3) is 11.1. The highest BCUT2D eigenvalue weighted by Crippen LogP contribution is 2.41. The van der Waals surface area contributed by atoms with Crippen LogP contribution in [-0.2, 0) is 25.8 Å². The summed E-state index contributed by atoms with van der Waals surface area (Å²) >= 11 is 0. The van der Waals surface area contributed by atoms with Crippen LogP contribution in [0.2, 0.25) is 0 Å². The molecular weight excluding hydrogens is 971 g/mol. The molecule has 6 aromatic carbocycles. The van der Waals surface area contributed by atoms with Gasteiger partial charge in [-0.3, -0.25) is 34.2 Å². The second-order valence-corrected chi connectivity index (χ2v) is 22.1. The second kappa shape index (κ2) is 21.7. The number of likely N-dealkylation sites (N-methyl/N-ethyl adjacent to an activating group) is 1. The van der Waals surface area contributed by atoms with E-state index in [0.717, 1.165) is 97.2 Å². The predicted molar refractivity (Wildman–Crippen MR) is 285 cm³/mol. The highest BCUT2D eigenvalue weighted by Gasteiger charge is 2.45. The highest BCUT2D eigenvalue weighted by molar-refractivity contribution is 7.90. The zero-order valence-corrected chi connectivity index (χ0v) is 43.0. The second-order valence-electron chi connectivity index (χ2n) is 20.1. The van der Waals surface area contributed by atoms with Gasteiger partial charge in [-0.2, -0.15) is 0 Å². The Balaban J connectivity index is 0.657. The Morgan fingerprint density at radius 2 is 1.44 bits per heavy atom. The number of ether oxygens (including phenoxy) is 2. The third-order valence-electron chi connectivity index (χ3n) is 15.4. The molecule has 0 spiro atoms. The number of carbonyl (C=O) groups is 5. The lowest BCUT2D eigenvalue weighted by Gasteiger charge is -2.42. The molecule has 15 nitrogen and oxygen atoms in total. The molecule has 0 aromatic heterocycles. The average Bonchev–Trinajstić information content (AvgIpc) is 3.67. The Labute approximate surface area is 436 Å². The Hall–Kier alpha value is -7.56. The maximum Gasteiger partial charge on any atom is 0.262 e. The van der Waals surface area contributed by atoms with Gasteiger partial charge in [0.15, 0.2) is 9.84 Å². The topological polar surface area (TPSA) is 183 Å². The van der Waals surface area contributed by atoms with Crippen molar-refractivity contribution in [1.82, 2.24) is 20.0 Å². The van der Waals surface area contributed by atoms with E-state index >= 15 is 0 Å². The number of rotatable bonds is 16. The summed E-state index contributed by atoms with van der Waals surface area (Å²) in [5, 5.41) is 14.0. The molecule has 2 N–H and O–H groups in total. The maximum absolute atomic E-state index is 13.6. The van der Waals surface area contributed by atoms with Crippen LogP contribution in [0.3, 0.4) is 0 Å². The van der Waals surface area contributed by atoms with Crippen LogP contribution in [0.4, 0.5) is 5.69 Å². The van der Waals surface area contributed by atoms with Crippen LogP contribution < -0.4 is 19.7 Å². The van der Waals surface area contributed by atoms with Gasteiger partial charge in [0.1, 0.15) is 35.6 Å². The molecule has 4 aliphatic heterocycles. The number of hydrogen-bond acceptors (Lipinski definition) is 12. The normalized spacial score (nSPS) is 17.8. The van der Waals surface area contributed by atoms with Crippen LogP contribution in [-0.4, -0.2) is 122 Å². The van der Waals surface area contributed by atoms with Gasteiger partial charge in [-0.25, -0.2) is 8.42 Å². The number of anilines is 1. The fourth-order valence-corrected chi connectivity index (χ4v) is 11.7. The van der Waals surface area contributed by atoms with Crippen molar-refractivity contribution in [2.45, 2.75) is 75.3 Å². The molecule has 1 unspecified atom stereocenters. The molecule has 4 heterocycles. The van der Waals surface area contributed by atoms with Gasteiger partial charge in [0.2, 0.25) is 11.8 Å². The summed E-state index contributed by atoms with van der Waals surface area (Å²) in [6.07, 6.45) is 7.78. The van der Waals surface area contributed by atoms with Crippen molar-refractivity contribution in [2.75, 3.05) is 57.0 Å². The molecule has 4 aliphatic rings. The molecule has 16 heteroatoms. The van der Waals surface area contributed by atoms with E-state index < -0.39 is 39.5 Å². The number of nitrogens with zero attached hydrogens (tertiary/aromatic N) is 4. The number of phenolic OH excluding ortho intramolecular Hbond substituents is 1. The lowest BCUT2D eigenvalue weighted by molar-refractivity contribution is -0.136. The van der Waals surface area contributed by atoms with Crippen LogP contribution in [0.25, 0.3) is 21.9 Å². The summed E-state index contributed by atoms with van der Waals surface area (Å²) in [6, 6.07) is 35.6. The van der Waals surface area contributed by atoms with Gasteiger partial charge in [0.05, 0.1) is 22.6 Å². The number of carbonyl (C=O) groups excluding carboxylic acids is 5. The number of benzene rings is 6. The Morgan fingerprint density at radius 1 is 0.747 bits per heavy atom. The van der Waals surface area contributed by atoms with Crippen LogP contribution in [0.15, 0.2) is 126 Å². The van der Waals surface area contributed by atoms with E-state index in [1.165, 1.54) is 11.8 Å². The van der Waals surface area contributed by atoms with Crippen molar-refractivity contribution in [3.05, 3.63) is 144 Å². The van der Waals surface area contributed by atoms with Gasteiger partial charge in [-0.15, -0.1) is 0 Å². The number of phenols is 1. The van der Waals surface area contributed by atoms with Crippen molar-refractivity contribution in [3.8, 4) is 34.1 Å². The minimum Gasteiger partial charge on any atom is -0.508 e. The minimum absolute atomic E-state index is 0.0444. The molecule has 0 aliphatic carbocycles. The fourth-order valence-electron chi connectivity index (χ4n) is 11.0. The maximum atomic E-state index is 13.6. The lowest BCUT2D eigenvalue weighted by atomic mass is 9.89. The zero-order chi connectivity index (χ0) is 52.4. The molecule has 0 radical (unpaired) electrons. The molecule has 10 rings (SSSR count). The summed E-state index contributed by atoms with van der Waals surface area (Å²) < 4.78 is 36.8. The van der Waals surface area contributed by atoms with E-state index in [0.29, 0.717) is 65.6 Å². The van der Waals surface area contributed by atoms with Crippen LogP contribution >= 0.6 is 0 Å². The van der Waals surface area contributed by atoms with E-state index in [2.05, 4.69) is 27.2 Å². The van der Waals surface area contributed by atoms with Gasteiger partial charge in [-0.1, -0.05) is 30.3 Å². The number of hydrogen-bond donors (Lipinski definition) is 2. The number of aryl methyl sites for hydroxylation is 1. The fraction of sp³-hybridized carbons (Fsp3) is 0.339. The number of piperidine rings is 3. The summed E-state index contributed by atoms with van der Waals surface area (Å²) in [4.78, 5) is 72.3. The largest absolute Gasteiger partial charge is 0.508 e. The number of likely N-dealkylation sites (tertiary alicyclic amines) is 1. The van der Waals surface area contributed by atoms with Gasteiger partial charge >= 0.3 is 0 Å². The number of nitrogens with one attached hydrogen (secondary N) is 1. The average molecular weight is 1030 g/mol. The van der Waals surface area contributed by atoms with E-state index in [1.807, 2.05) is 61.5 Å². The summed E-state index contributed by atoms with van der Waals surface area (Å²) in [7, 11) is -3.36. The van der Waals surface area contributed by atoms with E-state index in [1.54, 1.807) is 59.5 Å². The molecule has 0 saturated carbocycles. The van der Waals surface area contributed by atoms with Gasteiger partial charge in [0.25, 0.3) is 17.7 Å². The molecule has 0 bridgehead atoms. The zero-order valence-electron chi connectivity index (χ0n) is 42.2. The van der Waals surface area contributed by atoms with Crippen LogP contribution in [0.1, 0.15) is 88.5 Å². The number of sulfone groups is 1. The van der Waals surface area contributed by atoms with Crippen molar-refractivity contribution in [2.24, 2.45) is 5.92 Å². The van der Waals surface area contributed by atoms with E-state index in [-0.39, 0.29) is 29.4 Å². The first-order chi connectivity index (χ1) is 36.2. The molecule has 3 saturated heterocycles. The quantitative estimate of drug-likeness (QED) is 0.0882. The standard InChI is InChI=1S/C59H61N5O10S/c1-3-61(34-35-73-46-15-17-47(18-16-46)74-55-49(21-12-42-36-45(65)14-23-50(42)55)40-10-19-48(20-11-40)75(2,71)72)57(68)41-8-6-38(7-9-41)4-5-39-26-30-62(31-27-39)43-28-32-63(33-29-43)44-13-22-51-52(37-44)59(70)64(58(51)69)53-24-25-54(66)60-56(53)67/h6-23,36-37,39,43,53,65H,3-5,24-35H2,1-2H3,(H,60,66,67). The van der Waals surface area contributed by atoms with Gasteiger partial charge in [-0.05, 0) is 178 Å². The SMILES string of the molecule is CCN(CCOc1ccc(Oc2c(-c3ccc(S(C)(=O)=O)cc3)ccc3cc(O)ccc23)cc1)C(=O)c1ccc(CCC2CCN(C3CCN(c4ccc5c(c4)C(=O)N(C4CCC(=O)NC4=O)C5=O)CC3)CC2)cc1. The first-order valence-electron chi connectivity index (χ1n) is 25.9. The van der Waals surface area contributed by atoms with Gasteiger partial charge < -0.3 is 29.3 Å². The molecule has 75 heavy (non-hydrogen) atoms. The number of fused-ring (bicyclic) bond motifs is 2. The third-order valence-corrected chi connectivity index (χ3v) is 16.5. The molecule has 388 valence electrons. The molecule has 1 atom stereocenters. The summed E-state index contributed by atoms with van der Waals surface area (Å²) in [6.45, 7) is 7.03. The Morgan fingerprint density at radius 3 is 2.13 bits per heavy atom. The Kier molecular flexibility index (Phi) is 14.8. The van der Waals surface area contributed by atoms with Crippen molar-refractivity contribution < 1.29 is 47.0 Å². The summed E-state index contributed by atoms with van der Waals surface area (Å²) in [5.74, 6) is 0.493. The van der Waals surface area contributed by atoms with Crippen molar-refractivity contribution in [1.29, 1.82) is 0 Å². The van der Waals surface area contributed by atoms with E-state index in [4.69, 9.17) is 9.47 Å². The van der Waals surface area contributed by atoms with Crippen LogP contribution in [0, 0.1) is 5.92 Å². The summed E-state index contributed by atoms with van der Waals surface area (Å²) in [5.41, 5.74) is 4.91. The number of imide groups is 2. The molecule has 6 aromatic rings. The van der Waals surface area contributed by atoms with Crippen LogP contribution in [0.5, 0.6) is 23.0 Å². The Bertz CT molecular complexity index is 3260. The first kappa shape index (κ1) is 50.9. The highest BCUT2D eigenvalue weighted by atomic mass is 32.2. The first-order valence-corrected chi connectivity index (χ1v) is 27.8. The smallest absolute Gasteiger partial charge is 0.262 e. The molecule has 5 amide bonds. The monoisotopic (exact) mass is 1030 g/mol.